The number of carbonyl (C=O) groups is 2. The van der Waals surface area contributed by atoms with Gasteiger partial charge in [0, 0.05) is 23.2 Å². The number of hydrogen-bond donors (Lipinski definition) is 0. The van der Waals surface area contributed by atoms with Crippen molar-refractivity contribution >= 4 is 23.5 Å². The Hall–Kier alpha value is -3.45. The first-order chi connectivity index (χ1) is 17.0. The second-order valence-corrected chi connectivity index (χ2v) is 10.00. The second-order valence-electron chi connectivity index (χ2n) is 9.56. The van der Waals surface area contributed by atoms with Crippen molar-refractivity contribution < 1.29 is 27.8 Å². The van der Waals surface area contributed by atoms with Crippen molar-refractivity contribution in [3.8, 4) is 22.6 Å². The molecule has 0 aromatic heterocycles. The predicted molar refractivity (Wildman–Crippen MR) is 133 cm³/mol. The van der Waals surface area contributed by atoms with Crippen LogP contribution in [0.1, 0.15) is 44.0 Å². The van der Waals surface area contributed by atoms with E-state index in [1.54, 1.807) is 39.0 Å². The fourth-order valence-electron chi connectivity index (χ4n) is 4.10. The van der Waals surface area contributed by atoms with Crippen LogP contribution in [0.4, 0.5) is 8.78 Å². The van der Waals surface area contributed by atoms with E-state index in [4.69, 9.17) is 21.1 Å². The van der Waals surface area contributed by atoms with Crippen LogP contribution >= 0.6 is 11.6 Å². The monoisotopic (exact) mass is 513 g/mol. The van der Waals surface area contributed by atoms with Gasteiger partial charge in [0.2, 0.25) is 0 Å². The lowest BCUT2D eigenvalue weighted by Gasteiger charge is -2.27. The first-order valence-corrected chi connectivity index (χ1v) is 12.0. The number of carbonyl (C=O) groups excluding carboxylic acids is 2. The van der Waals surface area contributed by atoms with Gasteiger partial charge in [-0.3, -0.25) is 4.79 Å². The molecule has 1 atom stereocenters. The van der Waals surface area contributed by atoms with Gasteiger partial charge in [-0.25, -0.2) is 13.6 Å². The summed E-state index contributed by atoms with van der Waals surface area (Å²) in [4.78, 5) is 26.9. The highest BCUT2D eigenvalue weighted by molar-refractivity contribution is 6.31. The molecule has 36 heavy (non-hydrogen) atoms. The largest absolute Gasteiger partial charge is 0.458 e. The van der Waals surface area contributed by atoms with Crippen LogP contribution in [0.25, 0.3) is 11.1 Å². The van der Waals surface area contributed by atoms with Crippen molar-refractivity contribution in [2.24, 2.45) is 0 Å². The van der Waals surface area contributed by atoms with Crippen molar-refractivity contribution in [1.29, 1.82) is 0 Å². The summed E-state index contributed by atoms with van der Waals surface area (Å²) < 4.78 is 41.3. The maximum absolute atomic E-state index is 15.1. The van der Waals surface area contributed by atoms with E-state index in [9.17, 15) is 9.59 Å². The summed E-state index contributed by atoms with van der Waals surface area (Å²) in [5.41, 5.74) is 0.172. The second kappa shape index (κ2) is 10.3. The van der Waals surface area contributed by atoms with E-state index >= 15 is 8.78 Å². The Bertz CT molecular complexity index is 1290. The van der Waals surface area contributed by atoms with E-state index in [1.807, 2.05) is 30.3 Å². The SMILES string of the molecule is CC(C)(C)OC(=O)[C@@H]1CCCN1C(=O)c1cc(F)c(Oc2ccc(Cl)cc2-c2ccccc2)cc1F. The highest BCUT2D eigenvalue weighted by atomic mass is 35.5. The number of hydrogen-bond acceptors (Lipinski definition) is 4. The van der Waals surface area contributed by atoms with Crippen LogP contribution in [0, 0.1) is 11.6 Å². The van der Waals surface area contributed by atoms with Gasteiger partial charge >= 0.3 is 5.97 Å². The Kier molecular flexibility index (Phi) is 7.31. The lowest BCUT2D eigenvalue weighted by atomic mass is 10.0. The van der Waals surface area contributed by atoms with Crippen LogP contribution < -0.4 is 4.74 Å². The molecule has 0 aliphatic carbocycles. The first-order valence-electron chi connectivity index (χ1n) is 11.6. The van der Waals surface area contributed by atoms with Gasteiger partial charge in [0.15, 0.2) is 11.6 Å². The molecule has 1 aliphatic rings. The Balaban J connectivity index is 1.60. The highest BCUT2D eigenvalue weighted by Crippen LogP contribution is 2.37. The molecule has 1 fully saturated rings. The van der Waals surface area contributed by atoms with Crippen LogP contribution in [-0.2, 0) is 9.53 Å². The van der Waals surface area contributed by atoms with Crippen molar-refractivity contribution in [2.45, 2.75) is 45.3 Å². The molecule has 0 radical (unpaired) electrons. The Morgan fingerprint density at radius 2 is 1.69 bits per heavy atom. The molecule has 3 aromatic rings. The number of amides is 1. The van der Waals surface area contributed by atoms with Crippen LogP contribution in [0.2, 0.25) is 5.02 Å². The van der Waals surface area contributed by atoms with Crippen LogP contribution in [0.5, 0.6) is 11.5 Å². The molecule has 1 heterocycles. The summed E-state index contributed by atoms with van der Waals surface area (Å²) in [5, 5.41) is 0.457. The maximum atomic E-state index is 15.1. The van der Waals surface area contributed by atoms with Crippen molar-refractivity contribution in [1.82, 2.24) is 4.90 Å². The molecule has 1 amide bonds. The molecular formula is C28H26ClF2NO4. The van der Waals surface area contributed by atoms with Gasteiger partial charge in [0.1, 0.15) is 23.2 Å². The Morgan fingerprint density at radius 3 is 2.39 bits per heavy atom. The average Bonchev–Trinajstić information content (AvgIpc) is 3.31. The zero-order chi connectivity index (χ0) is 26.0. The number of rotatable bonds is 5. The van der Waals surface area contributed by atoms with Crippen molar-refractivity contribution in [3.05, 3.63) is 82.9 Å². The zero-order valence-electron chi connectivity index (χ0n) is 20.2. The van der Waals surface area contributed by atoms with E-state index in [-0.39, 0.29) is 18.0 Å². The molecule has 0 unspecified atom stereocenters. The number of ether oxygens (including phenoxy) is 2. The smallest absolute Gasteiger partial charge is 0.329 e. The van der Waals surface area contributed by atoms with Crippen molar-refractivity contribution in [2.75, 3.05) is 6.54 Å². The minimum atomic E-state index is -0.957. The number of halogens is 3. The van der Waals surface area contributed by atoms with Gasteiger partial charge in [-0.15, -0.1) is 0 Å². The molecular weight excluding hydrogens is 488 g/mol. The average molecular weight is 514 g/mol. The molecule has 0 bridgehead atoms. The minimum absolute atomic E-state index is 0.243. The molecule has 1 saturated heterocycles. The first kappa shape index (κ1) is 25.6. The summed E-state index contributed by atoms with van der Waals surface area (Å²) in [6, 6.07) is 14.8. The Morgan fingerprint density at radius 1 is 0.972 bits per heavy atom. The van der Waals surface area contributed by atoms with E-state index in [2.05, 4.69) is 0 Å². The quantitative estimate of drug-likeness (QED) is 0.344. The molecule has 0 N–H and O–H groups in total. The van der Waals surface area contributed by atoms with Crippen LogP contribution in [0.15, 0.2) is 60.7 Å². The van der Waals surface area contributed by atoms with Crippen LogP contribution in [0.3, 0.4) is 0 Å². The molecule has 5 nitrogen and oxygen atoms in total. The number of benzene rings is 3. The van der Waals surface area contributed by atoms with E-state index < -0.39 is 40.7 Å². The zero-order valence-corrected chi connectivity index (χ0v) is 20.9. The molecule has 1 aliphatic heterocycles. The fraction of sp³-hybridized carbons (Fsp3) is 0.286. The van der Waals surface area contributed by atoms with Gasteiger partial charge in [0.25, 0.3) is 5.91 Å². The van der Waals surface area contributed by atoms with Gasteiger partial charge in [-0.05, 0) is 63.4 Å². The highest BCUT2D eigenvalue weighted by Gasteiger charge is 2.38. The summed E-state index contributed by atoms with van der Waals surface area (Å²) in [5.74, 6) is -3.32. The summed E-state index contributed by atoms with van der Waals surface area (Å²) >= 11 is 6.15. The van der Waals surface area contributed by atoms with E-state index in [0.717, 1.165) is 17.7 Å². The molecule has 8 heteroatoms. The van der Waals surface area contributed by atoms with Crippen LogP contribution in [-0.4, -0.2) is 35.0 Å². The summed E-state index contributed by atoms with van der Waals surface area (Å²) in [6.07, 6.45) is 0.949. The maximum Gasteiger partial charge on any atom is 0.329 e. The van der Waals surface area contributed by atoms with Gasteiger partial charge in [0.05, 0.1) is 5.56 Å². The molecule has 3 aromatic carbocycles. The Labute approximate surface area is 213 Å². The summed E-state index contributed by atoms with van der Waals surface area (Å²) in [6.45, 7) is 5.42. The molecule has 0 saturated carbocycles. The van der Waals surface area contributed by atoms with Gasteiger partial charge < -0.3 is 14.4 Å². The molecule has 4 rings (SSSR count). The normalized spacial score (nSPS) is 15.6. The third-order valence-corrected chi connectivity index (χ3v) is 5.93. The third kappa shape index (κ3) is 5.68. The van der Waals surface area contributed by atoms with E-state index in [0.29, 0.717) is 23.4 Å². The topological polar surface area (TPSA) is 55.8 Å². The van der Waals surface area contributed by atoms with E-state index in [1.165, 1.54) is 4.90 Å². The number of likely N-dealkylation sites (tertiary alicyclic amines) is 1. The third-order valence-electron chi connectivity index (χ3n) is 5.69. The standard InChI is InChI=1S/C28H26ClF2NO4/c1-28(2,3)36-27(34)23-10-7-13-32(23)26(33)20-15-22(31)25(16-21(20)30)35-24-12-11-18(29)14-19(24)17-8-5-4-6-9-17/h4-6,8-9,11-12,14-16,23H,7,10,13H2,1-3H3/t23-/m0/s1. The lowest BCUT2D eigenvalue weighted by Crippen LogP contribution is -2.43. The van der Waals surface area contributed by atoms with Gasteiger partial charge in [-0.2, -0.15) is 0 Å². The minimum Gasteiger partial charge on any atom is -0.458 e. The lowest BCUT2D eigenvalue weighted by molar-refractivity contribution is -0.159. The number of nitrogens with zero attached hydrogens (tertiary/aromatic N) is 1. The van der Waals surface area contributed by atoms with Gasteiger partial charge in [-0.1, -0.05) is 41.9 Å². The van der Waals surface area contributed by atoms with Crippen molar-refractivity contribution in [3.63, 3.8) is 0 Å². The molecule has 188 valence electrons. The molecule has 0 spiro atoms. The number of esters is 1. The summed E-state index contributed by atoms with van der Waals surface area (Å²) in [7, 11) is 0. The fourth-order valence-corrected chi connectivity index (χ4v) is 4.28. The predicted octanol–water partition coefficient (Wildman–Crippen LogP) is 7.02.